The highest BCUT2D eigenvalue weighted by molar-refractivity contribution is 6.60. The number of aromatic amines is 2. The maximum Gasteiger partial charge on any atom is 0.500 e. The van der Waals surface area contributed by atoms with Crippen LogP contribution >= 0.6 is 0 Å². The Labute approximate surface area is 115 Å². The average Bonchev–Trinajstić information content (AvgIpc) is 2.42. The Morgan fingerprint density at radius 3 is 1.90 bits per heavy atom. The predicted molar refractivity (Wildman–Crippen MR) is 72.8 cm³/mol. The molecule has 0 saturated heterocycles. The Morgan fingerprint density at radius 2 is 1.45 bits per heavy atom. The van der Waals surface area contributed by atoms with Crippen LogP contribution in [0.1, 0.15) is 12.8 Å². The molecule has 9 nitrogen and oxygen atoms in total. The van der Waals surface area contributed by atoms with Crippen molar-refractivity contribution in [3.63, 3.8) is 0 Å². The van der Waals surface area contributed by atoms with E-state index in [1.807, 2.05) is 9.97 Å². The van der Waals surface area contributed by atoms with Crippen molar-refractivity contribution < 1.29 is 13.3 Å². The minimum atomic E-state index is -2.62. The monoisotopic (exact) mass is 305 g/mol. The van der Waals surface area contributed by atoms with E-state index in [2.05, 4.69) is 0 Å². The Hall–Kier alpha value is -1.49. The van der Waals surface area contributed by atoms with Gasteiger partial charge in [-0.25, -0.2) is 19.0 Å². The molecule has 0 atom stereocenters. The molecule has 2 N–H and O–H groups in total. The zero-order valence-corrected chi connectivity index (χ0v) is 12.7. The smallest absolute Gasteiger partial charge is 0.377 e. The molecule has 20 heavy (non-hydrogen) atoms. The van der Waals surface area contributed by atoms with Crippen LogP contribution in [-0.4, -0.2) is 44.7 Å². The van der Waals surface area contributed by atoms with Crippen LogP contribution in [0.3, 0.4) is 0 Å². The molecule has 10 heteroatoms. The standard InChI is InChI=1S/C10H19N3O6Si/c1-17-20(18-2,19-3)7-5-4-6-13-9(15)11-8(14)12-10(13)16/h4-7H2,1-3H3,(H2,11,12,14,15,16). The summed E-state index contributed by atoms with van der Waals surface area (Å²) in [6, 6.07) is 0.576. The van der Waals surface area contributed by atoms with Gasteiger partial charge in [0.15, 0.2) is 0 Å². The van der Waals surface area contributed by atoms with Crippen molar-refractivity contribution in [1.82, 2.24) is 14.5 Å². The Balaban J connectivity index is 2.60. The second kappa shape index (κ2) is 7.33. The molecule has 1 heterocycles. The molecule has 0 aliphatic heterocycles. The summed E-state index contributed by atoms with van der Waals surface area (Å²) in [5, 5.41) is 0. The first kappa shape index (κ1) is 16.6. The fraction of sp³-hybridized carbons (Fsp3) is 0.700. The lowest BCUT2D eigenvalue weighted by atomic mass is 10.3. The second-order valence-electron chi connectivity index (χ2n) is 4.09. The highest BCUT2D eigenvalue weighted by Crippen LogP contribution is 2.16. The fourth-order valence-electron chi connectivity index (χ4n) is 1.82. The lowest BCUT2D eigenvalue weighted by molar-refractivity contribution is 0.122. The van der Waals surface area contributed by atoms with E-state index in [4.69, 9.17) is 13.3 Å². The summed E-state index contributed by atoms with van der Waals surface area (Å²) in [6.45, 7) is 0.201. The fourth-order valence-corrected chi connectivity index (χ4v) is 3.62. The molecular formula is C10H19N3O6Si. The van der Waals surface area contributed by atoms with Gasteiger partial charge >= 0.3 is 25.9 Å². The first-order chi connectivity index (χ1) is 9.48. The van der Waals surface area contributed by atoms with Crippen LogP contribution in [-0.2, 0) is 19.8 Å². The normalized spacial score (nSPS) is 11.8. The van der Waals surface area contributed by atoms with Crippen molar-refractivity contribution >= 4 is 8.80 Å². The molecule has 0 aliphatic rings. The average molecular weight is 305 g/mol. The molecule has 1 aromatic rings. The molecule has 0 fully saturated rings. The molecule has 0 unspecified atom stereocenters. The molecule has 0 amide bonds. The summed E-state index contributed by atoms with van der Waals surface area (Å²) >= 11 is 0. The molecule has 0 aromatic carbocycles. The summed E-state index contributed by atoms with van der Waals surface area (Å²) in [5.74, 6) is 0. The molecule has 0 radical (unpaired) electrons. The van der Waals surface area contributed by atoms with E-state index in [1.165, 1.54) is 21.3 Å². The highest BCUT2D eigenvalue weighted by Gasteiger charge is 2.36. The van der Waals surface area contributed by atoms with Crippen molar-refractivity contribution in [3.8, 4) is 0 Å². The third-order valence-corrected chi connectivity index (χ3v) is 5.81. The van der Waals surface area contributed by atoms with Crippen LogP contribution in [0.4, 0.5) is 0 Å². The first-order valence-corrected chi connectivity index (χ1v) is 8.00. The lowest BCUT2D eigenvalue weighted by Gasteiger charge is -2.24. The van der Waals surface area contributed by atoms with E-state index < -0.39 is 25.9 Å². The van der Waals surface area contributed by atoms with Crippen LogP contribution < -0.4 is 17.1 Å². The van der Waals surface area contributed by atoms with Gasteiger partial charge < -0.3 is 13.3 Å². The van der Waals surface area contributed by atoms with Crippen molar-refractivity contribution in [2.24, 2.45) is 0 Å². The zero-order chi connectivity index (χ0) is 15.2. The number of hydrogen-bond donors (Lipinski definition) is 2. The van der Waals surface area contributed by atoms with Crippen molar-refractivity contribution in [2.45, 2.75) is 25.4 Å². The maximum absolute atomic E-state index is 11.4. The number of aromatic nitrogens is 3. The largest absolute Gasteiger partial charge is 0.500 e. The van der Waals surface area contributed by atoms with Gasteiger partial charge in [0.1, 0.15) is 0 Å². The minimum absolute atomic E-state index is 0.201. The minimum Gasteiger partial charge on any atom is -0.377 e. The predicted octanol–water partition coefficient (Wildman–Crippen LogP) is -1.12. The van der Waals surface area contributed by atoms with Gasteiger partial charge in [-0.2, -0.15) is 0 Å². The number of hydrogen-bond acceptors (Lipinski definition) is 6. The van der Waals surface area contributed by atoms with E-state index in [9.17, 15) is 14.4 Å². The summed E-state index contributed by atoms with van der Waals surface area (Å²) < 4.78 is 16.7. The zero-order valence-electron chi connectivity index (χ0n) is 11.7. The number of nitrogens with zero attached hydrogens (tertiary/aromatic N) is 1. The van der Waals surface area contributed by atoms with Crippen LogP contribution in [0.25, 0.3) is 0 Å². The van der Waals surface area contributed by atoms with E-state index in [0.717, 1.165) is 4.57 Å². The van der Waals surface area contributed by atoms with Gasteiger partial charge in [-0.1, -0.05) is 0 Å². The van der Waals surface area contributed by atoms with E-state index >= 15 is 0 Å². The van der Waals surface area contributed by atoms with Gasteiger partial charge in [0, 0.05) is 33.9 Å². The summed E-state index contributed by atoms with van der Waals surface area (Å²) in [4.78, 5) is 37.8. The maximum atomic E-state index is 11.4. The second-order valence-corrected chi connectivity index (χ2v) is 7.18. The third-order valence-electron chi connectivity index (χ3n) is 2.98. The first-order valence-electron chi connectivity index (χ1n) is 6.07. The van der Waals surface area contributed by atoms with Gasteiger partial charge in [-0.3, -0.25) is 9.97 Å². The van der Waals surface area contributed by atoms with E-state index in [1.54, 1.807) is 0 Å². The molecule has 1 rings (SSSR count). The number of nitrogens with one attached hydrogen (secondary N) is 2. The Bertz CT molecular complexity index is 545. The van der Waals surface area contributed by atoms with Crippen LogP contribution in [0.15, 0.2) is 14.4 Å². The molecule has 1 aromatic heterocycles. The van der Waals surface area contributed by atoms with Crippen LogP contribution in [0, 0.1) is 0 Å². The van der Waals surface area contributed by atoms with Crippen molar-refractivity contribution in [2.75, 3.05) is 21.3 Å². The van der Waals surface area contributed by atoms with E-state index in [-0.39, 0.29) is 6.54 Å². The molecule has 0 spiro atoms. The lowest BCUT2D eigenvalue weighted by Crippen LogP contribution is -2.44. The number of rotatable bonds is 8. The van der Waals surface area contributed by atoms with Crippen molar-refractivity contribution in [3.05, 3.63) is 31.5 Å². The Kier molecular flexibility index (Phi) is 6.07. The van der Waals surface area contributed by atoms with Gasteiger partial charge in [0.05, 0.1) is 0 Å². The summed E-state index contributed by atoms with van der Waals surface area (Å²) in [5.41, 5.74) is -2.24. The number of unbranched alkanes of at least 4 members (excludes halogenated alkanes) is 1. The molecule has 0 aliphatic carbocycles. The van der Waals surface area contributed by atoms with Gasteiger partial charge in [0.25, 0.3) is 0 Å². The topological polar surface area (TPSA) is 115 Å². The van der Waals surface area contributed by atoms with Crippen molar-refractivity contribution in [1.29, 1.82) is 0 Å². The quantitative estimate of drug-likeness (QED) is 0.464. The van der Waals surface area contributed by atoms with Crippen LogP contribution in [0.2, 0.25) is 6.04 Å². The van der Waals surface area contributed by atoms with Gasteiger partial charge in [0.2, 0.25) is 0 Å². The number of H-pyrrole nitrogens is 2. The molecule has 114 valence electrons. The summed E-state index contributed by atoms with van der Waals surface area (Å²) in [6.07, 6.45) is 1.21. The van der Waals surface area contributed by atoms with Gasteiger partial charge in [-0.15, -0.1) is 0 Å². The summed E-state index contributed by atoms with van der Waals surface area (Å²) in [7, 11) is 1.95. The van der Waals surface area contributed by atoms with Crippen LogP contribution in [0.5, 0.6) is 0 Å². The Morgan fingerprint density at radius 1 is 0.950 bits per heavy atom. The molecular weight excluding hydrogens is 286 g/mol. The molecule has 0 bridgehead atoms. The molecule has 0 saturated carbocycles. The SMILES string of the molecule is CO[Si](CCCCn1c(=O)[nH]c(=O)[nH]c1=O)(OC)OC. The van der Waals surface area contributed by atoms with Gasteiger partial charge in [-0.05, 0) is 12.8 Å². The highest BCUT2D eigenvalue weighted by atomic mass is 28.4. The van der Waals surface area contributed by atoms with E-state index in [0.29, 0.717) is 18.9 Å². The third kappa shape index (κ3) is 4.00.